The number of benzene rings is 1. The molecule has 0 aliphatic carbocycles. The van der Waals surface area contributed by atoms with Crippen LogP contribution in [0.25, 0.3) is 0 Å². The Labute approximate surface area is 106 Å². The van der Waals surface area contributed by atoms with E-state index in [2.05, 4.69) is 18.1 Å². The maximum Gasteiger partial charge on any atom is 0.261 e. The standard InChI is InChI=1S/C14H15N3O/c1-10-7-11-5-3-4-6-13(11)17(10)14(18)12-8-15-16(2)9-12/h3-6,8-10H,7H2,1-2H3/t10-/m1/s1. The number of amides is 1. The third kappa shape index (κ3) is 1.61. The maximum absolute atomic E-state index is 12.5. The van der Waals surface area contributed by atoms with E-state index in [0.717, 1.165) is 12.1 Å². The lowest BCUT2D eigenvalue weighted by molar-refractivity contribution is 0.0981. The van der Waals surface area contributed by atoms with Gasteiger partial charge < -0.3 is 4.90 Å². The van der Waals surface area contributed by atoms with Crippen molar-refractivity contribution in [3.8, 4) is 0 Å². The van der Waals surface area contributed by atoms with Gasteiger partial charge in [-0.2, -0.15) is 5.10 Å². The van der Waals surface area contributed by atoms with Crippen molar-refractivity contribution in [3.05, 3.63) is 47.8 Å². The predicted molar refractivity (Wildman–Crippen MR) is 69.6 cm³/mol. The van der Waals surface area contributed by atoms with Crippen LogP contribution in [-0.2, 0) is 13.5 Å². The van der Waals surface area contributed by atoms with Gasteiger partial charge >= 0.3 is 0 Å². The number of anilines is 1. The lowest BCUT2D eigenvalue weighted by Crippen LogP contribution is -2.35. The Balaban J connectivity index is 2.00. The number of carbonyl (C=O) groups is 1. The topological polar surface area (TPSA) is 38.1 Å². The van der Waals surface area contributed by atoms with Crippen molar-refractivity contribution >= 4 is 11.6 Å². The van der Waals surface area contributed by atoms with Gasteiger partial charge in [0.2, 0.25) is 0 Å². The molecule has 1 aliphatic heterocycles. The van der Waals surface area contributed by atoms with Gasteiger partial charge in [-0.15, -0.1) is 0 Å². The molecule has 2 aromatic rings. The van der Waals surface area contributed by atoms with Crippen LogP contribution in [0.5, 0.6) is 0 Å². The highest BCUT2D eigenvalue weighted by atomic mass is 16.2. The van der Waals surface area contributed by atoms with E-state index < -0.39 is 0 Å². The van der Waals surface area contributed by atoms with E-state index in [1.54, 1.807) is 17.1 Å². The fraction of sp³-hybridized carbons (Fsp3) is 0.286. The number of nitrogens with zero attached hydrogens (tertiary/aromatic N) is 3. The molecule has 0 radical (unpaired) electrons. The van der Waals surface area contributed by atoms with Crippen LogP contribution >= 0.6 is 0 Å². The summed E-state index contributed by atoms with van der Waals surface area (Å²) >= 11 is 0. The molecule has 1 aliphatic rings. The first kappa shape index (κ1) is 11.0. The van der Waals surface area contributed by atoms with Gasteiger partial charge in [0.25, 0.3) is 5.91 Å². The van der Waals surface area contributed by atoms with E-state index in [1.165, 1.54) is 5.56 Å². The minimum absolute atomic E-state index is 0.0283. The summed E-state index contributed by atoms with van der Waals surface area (Å²) in [5, 5.41) is 4.06. The maximum atomic E-state index is 12.5. The van der Waals surface area contributed by atoms with Crippen molar-refractivity contribution in [1.82, 2.24) is 9.78 Å². The normalized spacial score (nSPS) is 17.9. The molecule has 3 rings (SSSR count). The second-order valence-corrected chi connectivity index (χ2v) is 4.76. The van der Waals surface area contributed by atoms with Crippen molar-refractivity contribution < 1.29 is 4.79 Å². The molecule has 0 saturated heterocycles. The fourth-order valence-electron chi connectivity index (χ4n) is 2.55. The first-order valence-corrected chi connectivity index (χ1v) is 6.07. The first-order chi connectivity index (χ1) is 8.66. The van der Waals surface area contributed by atoms with Crippen LogP contribution in [0.3, 0.4) is 0 Å². The van der Waals surface area contributed by atoms with E-state index >= 15 is 0 Å². The molecule has 1 amide bonds. The van der Waals surface area contributed by atoms with E-state index in [4.69, 9.17) is 0 Å². The number of hydrogen-bond donors (Lipinski definition) is 0. The third-order valence-electron chi connectivity index (χ3n) is 3.38. The summed E-state index contributed by atoms with van der Waals surface area (Å²) in [5.41, 5.74) is 2.90. The minimum atomic E-state index is 0.0283. The molecule has 1 aromatic carbocycles. The Morgan fingerprint density at radius 1 is 1.39 bits per heavy atom. The molecule has 92 valence electrons. The fourth-order valence-corrected chi connectivity index (χ4v) is 2.55. The molecule has 1 aromatic heterocycles. The molecule has 2 heterocycles. The summed E-state index contributed by atoms with van der Waals surface area (Å²) in [4.78, 5) is 14.4. The molecule has 0 spiro atoms. The number of aryl methyl sites for hydroxylation is 1. The molecule has 4 nitrogen and oxygen atoms in total. The van der Waals surface area contributed by atoms with Crippen LogP contribution < -0.4 is 4.90 Å². The summed E-state index contributed by atoms with van der Waals surface area (Å²) < 4.78 is 1.65. The zero-order valence-electron chi connectivity index (χ0n) is 10.5. The van der Waals surface area contributed by atoms with Crippen LogP contribution in [-0.4, -0.2) is 21.7 Å². The number of hydrogen-bond acceptors (Lipinski definition) is 2. The second-order valence-electron chi connectivity index (χ2n) is 4.76. The summed E-state index contributed by atoms with van der Waals surface area (Å²) in [6.07, 6.45) is 4.30. The Morgan fingerprint density at radius 3 is 2.89 bits per heavy atom. The highest BCUT2D eigenvalue weighted by Crippen LogP contribution is 2.32. The Hall–Kier alpha value is -2.10. The number of rotatable bonds is 1. The first-order valence-electron chi connectivity index (χ1n) is 6.07. The molecule has 0 saturated carbocycles. The van der Waals surface area contributed by atoms with Gasteiger partial charge in [0.15, 0.2) is 0 Å². The van der Waals surface area contributed by atoms with Gasteiger partial charge in [0.05, 0.1) is 11.8 Å². The van der Waals surface area contributed by atoms with Crippen LogP contribution in [0.15, 0.2) is 36.7 Å². The third-order valence-corrected chi connectivity index (χ3v) is 3.38. The Morgan fingerprint density at radius 2 is 2.17 bits per heavy atom. The van der Waals surface area contributed by atoms with E-state index in [1.807, 2.05) is 30.1 Å². The van der Waals surface area contributed by atoms with Crippen LogP contribution in [0.4, 0.5) is 5.69 Å². The molecular formula is C14H15N3O. The molecular weight excluding hydrogens is 226 g/mol. The molecule has 0 fully saturated rings. The predicted octanol–water partition coefficient (Wildman–Crippen LogP) is 2.01. The molecule has 0 unspecified atom stereocenters. The molecule has 1 atom stereocenters. The number of aromatic nitrogens is 2. The van der Waals surface area contributed by atoms with Gasteiger partial charge in [-0.3, -0.25) is 9.48 Å². The monoisotopic (exact) mass is 241 g/mol. The summed E-state index contributed by atoms with van der Waals surface area (Å²) in [7, 11) is 1.82. The average Bonchev–Trinajstić information content (AvgIpc) is 2.91. The smallest absolute Gasteiger partial charge is 0.261 e. The summed E-state index contributed by atoms with van der Waals surface area (Å²) in [5.74, 6) is 0.0283. The van der Waals surface area contributed by atoms with Gasteiger partial charge in [-0.1, -0.05) is 18.2 Å². The molecule has 0 bridgehead atoms. The average molecular weight is 241 g/mol. The summed E-state index contributed by atoms with van der Waals surface area (Å²) in [6.45, 7) is 2.08. The highest BCUT2D eigenvalue weighted by molar-refractivity contribution is 6.07. The molecule has 18 heavy (non-hydrogen) atoms. The number of fused-ring (bicyclic) bond motifs is 1. The van der Waals surface area contributed by atoms with E-state index in [0.29, 0.717) is 5.56 Å². The van der Waals surface area contributed by atoms with Crippen molar-refractivity contribution in [1.29, 1.82) is 0 Å². The molecule has 4 heteroatoms. The van der Waals surface area contributed by atoms with Gasteiger partial charge in [0, 0.05) is 25.0 Å². The Kier molecular flexibility index (Phi) is 2.44. The second kappa shape index (κ2) is 3.98. The van der Waals surface area contributed by atoms with E-state index in [9.17, 15) is 4.79 Å². The highest BCUT2D eigenvalue weighted by Gasteiger charge is 2.31. The van der Waals surface area contributed by atoms with Gasteiger partial charge in [-0.25, -0.2) is 0 Å². The van der Waals surface area contributed by atoms with E-state index in [-0.39, 0.29) is 11.9 Å². The number of para-hydroxylation sites is 1. The van der Waals surface area contributed by atoms with Crippen molar-refractivity contribution in [2.45, 2.75) is 19.4 Å². The van der Waals surface area contributed by atoms with Crippen molar-refractivity contribution in [2.75, 3.05) is 4.90 Å². The minimum Gasteiger partial charge on any atom is -0.305 e. The number of carbonyl (C=O) groups excluding carboxylic acids is 1. The van der Waals surface area contributed by atoms with Gasteiger partial charge in [0.1, 0.15) is 0 Å². The van der Waals surface area contributed by atoms with Crippen molar-refractivity contribution in [3.63, 3.8) is 0 Å². The Bertz CT molecular complexity index is 603. The largest absolute Gasteiger partial charge is 0.305 e. The summed E-state index contributed by atoms with van der Waals surface area (Å²) in [6, 6.07) is 8.29. The van der Waals surface area contributed by atoms with Crippen LogP contribution in [0.2, 0.25) is 0 Å². The zero-order chi connectivity index (χ0) is 12.7. The molecule has 0 N–H and O–H groups in total. The van der Waals surface area contributed by atoms with Crippen molar-refractivity contribution in [2.24, 2.45) is 7.05 Å². The van der Waals surface area contributed by atoms with Gasteiger partial charge in [-0.05, 0) is 25.0 Å². The zero-order valence-corrected chi connectivity index (χ0v) is 10.5. The van der Waals surface area contributed by atoms with Crippen LogP contribution in [0.1, 0.15) is 22.8 Å². The van der Waals surface area contributed by atoms with Crippen LogP contribution in [0, 0.1) is 0 Å². The quantitative estimate of drug-likeness (QED) is 0.766. The SMILES string of the molecule is C[C@@H]1Cc2ccccc2N1C(=O)c1cnn(C)c1. The lowest BCUT2D eigenvalue weighted by Gasteiger charge is -2.21. The lowest BCUT2D eigenvalue weighted by atomic mass is 10.1.